The molecule has 0 saturated heterocycles. The summed E-state index contributed by atoms with van der Waals surface area (Å²) in [7, 11) is 0. The smallest absolute Gasteiger partial charge is 0.339 e. The van der Waals surface area contributed by atoms with E-state index in [1.165, 1.54) is 12.3 Å². The second-order valence-electron chi connectivity index (χ2n) is 3.91. The van der Waals surface area contributed by atoms with Crippen molar-refractivity contribution in [3.05, 3.63) is 47.7 Å². The summed E-state index contributed by atoms with van der Waals surface area (Å²) < 4.78 is 0. The van der Waals surface area contributed by atoms with Gasteiger partial charge >= 0.3 is 5.97 Å². The number of benzene rings is 1. The van der Waals surface area contributed by atoms with Gasteiger partial charge in [-0.3, -0.25) is 4.79 Å². The largest absolute Gasteiger partial charge is 0.478 e. The molecule has 0 bridgehead atoms. The Balaban J connectivity index is 2.53. The van der Waals surface area contributed by atoms with Crippen molar-refractivity contribution in [2.45, 2.75) is 0 Å². The van der Waals surface area contributed by atoms with E-state index in [0.29, 0.717) is 16.7 Å². The second kappa shape index (κ2) is 4.77. The summed E-state index contributed by atoms with van der Waals surface area (Å²) in [5, 5.41) is 8.99. The molecule has 1 amide bonds. The number of hydrogen-bond donors (Lipinski definition) is 3. The monoisotopic (exact) mass is 257 g/mol. The number of carboxylic acid groups (broad SMARTS) is 1. The number of carbonyl (C=O) groups excluding carboxylic acids is 1. The molecule has 0 fully saturated rings. The third-order valence-electron chi connectivity index (χ3n) is 2.63. The van der Waals surface area contributed by atoms with Crippen LogP contribution in [0.1, 0.15) is 20.7 Å². The molecule has 96 valence electrons. The van der Waals surface area contributed by atoms with E-state index in [4.69, 9.17) is 16.6 Å². The summed E-state index contributed by atoms with van der Waals surface area (Å²) >= 11 is 0. The molecule has 0 radical (unpaired) electrons. The van der Waals surface area contributed by atoms with Crippen molar-refractivity contribution in [1.29, 1.82) is 0 Å². The minimum absolute atomic E-state index is 0.0534. The van der Waals surface area contributed by atoms with Crippen LogP contribution in [0, 0.1) is 0 Å². The van der Waals surface area contributed by atoms with E-state index < -0.39 is 11.9 Å². The first-order valence-corrected chi connectivity index (χ1v) is 5.38. The molecule has 2 aromatic rings. The number of aromatic nitrogens is 1. The summed E-state index contributed by atoms with van der Waals surface area (Å²) in [4.78, 5) is 25.9. The zero-order valence-corrected chi connectivity index (χ0v) is 9.83. The van der Waals surface area contributed by atoms with Gasteiger partial charge in [-0.15, -0.1) is 0 Å². The fraction of sp³-hybridized carbons (Fsp3) is 0. The number of pyridine rings is 1. The molecular weight excluding hydrogens is 246 g/mol. The first-order valence-electron chi connectivity index (χ1n) is 5.38. The molecule has 0 aliphatic rings. The maximum atomic E-state index is 11.1. The highest BCUT2D eigenvalue weighted by Crippen LogP contribution is 2.22. The molecule has 0 unspecified atom stereocenters. The number of hydrogen-bond acceptors (Lipinski definition) is 4. The summed E-state index contributed by atoms with van der Waals surface area (Å²) in [6.45, 7) is 0. The van der Waals surface area contributed by atoms with Gasteiger partial charge in [0.25, 0.3) is 0 Å². The maximum absolute atomic E-state index is 11.1. The number of aromatic carboxylic acids is 1. The molecule has 5 N–H and O–H groups in total. The second-order valence-corrected chi connectivity index (χ2v) is 3.91. The average Bonchev–Trinajstić information content (AvgIpc) is 2.39. The number of nitrogens with two attached hydrogens (primary N) is 2. The number of amides is 1. The van der Waals surface area contributed by atoms with Gasteiger partial charge in [0.15, 0.2) is 0 Å². The Kier molecular flexibility index (Phi) is 3.15. The molecule has 0 spiro atoms. The van der Waals surface area contributed by atoms with Crippen molar-refractivity contribution in [2.75, 3.05) is 5.73 Å². The van der Waals surface area contributed by atoms with Crippen molar-refractivity contribution in [1.82, 2.24) is 4.98 Å². The van der Waals surface area contributed by atoms with Crippen LogP contribution in [0.25, 0.3) is 11.1 Å². The summed E-state index contributed by atoms with van der Waals surface area (Å²) in [6, 6.07) is 7.94. The molecule has 0 aliphatic heterocycles. The fourth-order valence-electron chi connectivity index (χ4n) is 1.66. The van der Waals surface area contributed by atoms with E-state index in [-0.39, 0.29) is 11.4 Å². The van der Waals surface area contributed by atoms with Crippen LogP contribution in [0.2, 0.25) is 0 Å². The van der Waals surface area contributed by atoms with Crippen LogP contribution in [0.4, 0.5) is 5.82 Å². The Labute approximate surface area is 108 Å². The van der Waals surface area contributed by atoms with Crippen molar-refractivity contribution >= 4 is 17.7 Å². The third-order valence-corrected chi connectivity index (χ3v) is 2.63. The average molecular weight is 257 g/mol. The summed E-state index contributed by atoms with van der Waals surface area (Å²) in [5.74, 6) is -1.76. The van der Waals surface area contributed by atoms with E-state index in [1.54, 1.807) is 24.3 Å². The van der Waals surface area contributed by atoms with Gasteiger partial charge in [0.2, 0.25) is 5.91 Å². The lowest BCUT2D eigenvalue weighted by molar-refractivity contribution is 0.0697. The number of primary amides is 1. The van der Waals surface area contributed by atoms with Crippen LogP contribution in [0.5, 0.6) is 0 Å². The third kappa shape index (κ3) is 2.52. The summed E-state index contributed by atoms with van der Waals surface area (Å²) in [5.41, 5.74) is 12.1. The van der Waals surface area contributed by atoms with E-state index in [2.05, 4.69) is 4.98 Å². The molecule has 1 aromatic carbocycles. The number of nitrogens with zero attached hydrogens (tertiary/aromatic N) is 1. The van der Waals surface area contributed by atoms with Crippen LogP contribution in [-0.2, 0) is 0 Å². The predicted octanol–water partition coefficient (Wildman–Crippen LogP) is 1.13. The Morgan fingerprint density at radius 1 is 1.16 bits per heavy atom. The van der Waals surface area contributed by atoms with Gasteiger partial charge < -0.3 is 16.6 Å². The van der Waals surface area contributed by atoms with E-state index in [0.717, 1.165) is 0 Å². The van der Waals surface area contributed by atoms with Crippen molar-refractivity contribution in [3.63, 3.8) is 0 Å². The molecule has 6 nitrogen and oxygen atoms in total. The molecule has 2 rings (SSSR count). The minimum Gasteiger partial charge on any atom is -0.478 e. The lowest BCUT2D eigenvalue weighted by Crippen LogP contribution is -2.10. The molecule has 6 heteroatoms. The highest BCUT2D eigenvalue weighted by Gasteiger charge is 2.11. The molecule has 0 atom stereocenters. The van der Waals surface area contributed by atoms with E-state index in [9.17, 15) is 9.59 Å². The van der Waals surface area contributed by atoms with E-state index >= 15 is 0 Å². The summed E-state index contributed by atoms with van der Waals surface area (Å²) in [6.07, 6.45) is 1.45. The Bertz CT molecular complexity index is 668. The zero-order chi connectivity index (χ0) is 14.0. The molecule has 19 heavy (non-hydrogen) atoms. The van der Waals surface area contributed by atoms with Gasteiger partial charge in [-0.2, -0.15) is 0 Å². The number of anilines is 1. The van der Waals surface area contributed by atoms with Crippen LogP contribution in [-0.4, -0.2) is 22.0 Å². The molecule has 1 heterocycles. The number of carboxylic acids is 1. The molecular formula is C13H11N3O3. The number of nitrogen functional groups attached to an aromatic ring is 1. The van der Waals surface area contributed by atoms with Crippen molar-refractivity contribution in [2.24, 2.45) is 5.73 Å². The van der Waals surface area contributed by atoms with Gasteiger partial charge in [0.05, 0.1) is 0 Å². The fourth-order valence-corrected chi connectivity index (χ4v) is 1.66. The quantitative estimate of drug-likeness (QED) is 0.761. The number of rotatable bonds is 3. The van der Waals surface area contributed by atoms with Crippen LogP contribution < -0.4 is 11.5 Å². The Morgan fingerprint density at radius 3 is 2.53 bits per heavy atom. The van der Waals surface area contributed by atoms with Gasteiger partial charge in [-0.05, 0) is 23.8 Å². The van der Waals surface area contributed by atoms with Crippen molar-refractivity contribution in [3.8, 4) is 11.1 Å². The first-order chi connectivity index (χ1) is 8.99. The van der Waals surface area contributed by atoms with E-state index in [1.807, 2.05) is 0 Å². The minimum atomic E-state index is -1.15. The van der Waals surface area contributed by atoms with Crippen LogP contribution in [0.3, 0.4) is 0 Å². The Morgan fingerprint density at radius 2 is 1.89 bits per heavy atom. The molecule has 0 saturated carbocycles. The molecule has 0 aliphatic carbocycles. The highest BCUT2D eigenvalue weighted by atomic mass is 16.4. The Hall–Kier alpha value is -2.89. The lowest BCUT2D eigenvalue weighted by atomic mass is 10.0. The zero-order valence-electron chi connectivity index (χ0n) is 9.83. The van der Waals surface area contributed by atoms with Gasteiger partial charge in [-0.1, -0.05) is 12.1 Å². The lowest BCUT2D eigenvalue weighted by Gasteiger charge is -2.06. The standard InChI is InChI=1S/C13H11N3O3/c14-11-10(13(18)19)5-9(6-16-11)7-2-1-3-8(4-7)12(15)17/h1-6H,(H2,14,16)(H2,15,17)(H,18,19). The highest BCUT2D eigenvalue weighted by molar-refractivity contribution is 5.95. The van der Waals surface area contributed by atoms with Gasteiger partial charge in [-0.25, -0.2) is 9.78 Å². The van der Waals surface area contributed by atoms with Crippen LogP contribution in [0.15, 0.2) is 36.5 Å². The number of carbonyl (C=O) groups is 2. The SMILES string of the molecule is NC(=O)c1cccc(-c2cnc(N)c(C(=O)O)c2)c1. The van der Waals surface area contributed by atoms with Crippen molar-refractivity contribution < 1.29 is 14.7 Å². The predicted molar refractivity (Wildman–Crippen MR) is 69.6 cm³/mol. The first kappa shape index (κ1) is 12.6. The maximum Gasteiger partial charge on any atom is 0.339 e. The van der Waals surface area contributed by atoms with Gasteiger partial charge in [0.1, 0.15) is 11.4 Å². The normalized spacial score (nSPS) is 10.1. The van der Waals surface area contributed by atoms with Crippen LogP contribution >= 0.6 is 0 Å². The van der Waals surface area contributed by atoms with Gasteiger partial charge in [0, 0.05) is 17.3 Å². The molecule has 1 aromatic heterocycles. The topological polar surface area (TPSA) is 119 Å².